The lowest BCUT2D eigenvalue weighted by Crippen LogP contribution is -2.51. The lowest BCUT2D eigenvalue weighted by Gasteiger charge is -2.36. The number of ether oxygens (including phenoxy) is 1. The summed E-state index contributed by atoms with van der Waals surface area (Å²) < 4.78 is 7.89. The third-order valence-electron chi connectivity index (χ3n) is 5.50. The van der Waals surface area contributed by atoms with E-state index in [4.69, 9.17) is 4.74 Å². The number of carbonyl (C=O) groups is 1. The molecule has 1 aromatic carbocycles. The normalized spacial score (nSPS) is 21.0. The second kappa shape index (κ2) is 10.3. The summed E-state index contributed by atoms with van der Waals surface area (Å²) in [5.41, 5.74) is 2.60. The van der Waals surface area contributed by atoms with E-state index in [1.165, 1.54) is 0 Å². The molecule has 8 heteroatoms. The van der Waals surface area contributed by atoms with Gasteiger partial charge in [-0.15, -0.1) is 5.10 Å². The minimum absolute atomic E-state index is 0.00506. The lowest BCUT2D eigenvalue weighted by molar-refractivity contribution is -0.128. The molecule has 1 aliphatic heterocycles. The third kappa shape index (κ3) is 5.74. The van der Waals surface area contributed by atoms with Crippen LogP contribution in [0.1, 0.15) is 25.0 Å². The zero-order valence-electron chi connectivity index (χ0n) is 17.3. The Morgan fingerprint density at radius 1 is 1.16 bits per heavy atom. The van der Waals surface area contributed by atoms with Crippen molar-refractivity contribution in [3.8, 4) is 11.3 Å². The van der Waals surface area contributed by atoms with E-state index in [0.29, 0.717) is 6.54 Å². The average Bonchev–Trinajstić information content (AvgIpc) is 3.29. The summed E-state index contributed by atoms with van der Waals surface area (Å²) in [5, 5.41) is 21.2. The van der Waals surface area contributed by atoms with Gasteiger partial charge < -0.3 is 15.2 Å². The van der Waals surface area contributed by atoms with Crippen molar-refractivity contribution < 1.29 is 14.6 Å². The Morgan fingerprint density at radius 3 is 2.77 bits per heavy atom. The second-order valence-corrected chi connectivity index (χ2v) is 7.75. The van der Waals surface area contributed by atoms with Gasteiger partial charge in [0.15, 0.2) is 0 Å². The van der Waals surface area contributed by atoms with Crippen LogP contribution in [0.2, 0.25) is 0 Å². The summed E-state index contributed by atoms with van der Waals surface area (Å²) in [6, 6.07) is 15.2. The van der Waals surface area contributed by atoms with Gasteiger partial charge in [0.2, 0.25) is 5.91 Å². The van der Waals surface area contributed by atoms with Crippen LogP contribution in [0.15, 0.2) is 60.9 Å². The van der Waals surface area contributed by atoms with E-state index in [1.807, 2.05) is 59.4 Å². The number of carbonyl (C=O) groups excluding carboxylic acids is 1. The van der Waals surface area contributed by atoms with Gasteiger partial charge in [-0.25, -0.2) is 0 Å². The first-order chi connectivity index (χ1) is 15.2. The van der Waals surface area contributed by atoms with Gasteiger partial charge in [-0.05, 0) is 31.4 Å². The monoisotopic (exact) mass is 421 g/mol. The fourth-order valence-corrected chi connectivity index (χ4v) is 3.86. The third-order valence-corrected chi connectivity index (χ3v) is 5.50. The quantitative estimate of drug-likeness (QED) is 0.577. The van der Waals surface area contributed by atoms with Crippen molar-refractivity contribution in [1.29, 1.82) is 0 Å². The van der Waals surface area contributed by atoms with Gasteiger partial charge in [0.25, 0.3) is 0 Å². The molecule has 1 saturated heterocycles. The number of pyridine rings is 1. The highest BCUT2D eigenvalue weighted by molar-refractivity contribution is 5.78. The van der Waals surface area contributed by atoms with Crippen molar-refractivity contribution >= 4 is 5.91 Å². The second-order valence-electron chi connectivity index (χ2n) is 7.75. The van der Waals surface area contributed by atoms with E-state index in [-0.39, 0.29) is 31.1 Å². The largest absolute Gasteiger partial charge is 0.394 e. The number of benzene rings is 1. The van der Waals surface area contributed by atoms with Crippen LogP contribution in [0.5, 0.6) is 0 Å². The molecular weight excluding hydrogens is 394 g/mol. The molecule has 0 saturated carbocycles. The molecule has 0 unspecified atom stereocenters. The first-order valence-corrected chi connectivity index (χ1v) is 10.6. The number of aliphatic hydroxyl groups is 1. The molecule has 3 atom stereocenters. The van der Waals surface area contributed by atoms with Crippen LogP contribution in [0.3, 0.4) is 0 Å². The predicted octanol–water partition coefficient (Wildman–Crippen LogP) is 2.00. The van der Waals surface area contributed by atoms with Gasteiger partial charge in [0, 0.05) is 24.0 Å². The number of nitrogens with zero attached hydrogens (tertiary/aromatic N) is 4. The van der Waals surface area contributed by atoms with Gasteiger partial charge in [-0.3, -0.25) is 14.5 Å². The molecule has 162 valence electrons. The van der Waals surface area contributed by atoms with Crippen molar-refractivity contribution in [3.05, 3.63) is 66.6 Å². The number of nitrogens with one attached hydrogen (secondary N) is 1. The molecule has 8 nitrogen and oxygen atoms in total. The standard InChI is InChI=1S/C23H27N5O3/c29-16-22-20(25-23(30)14-18-8-4-5-12-24-18)10-9-19(31-22)11-13-28-15-21(26-27-28)17-6-2-1-3-7-17/h1-8,12,15,19-20,22,29H,9-11,13-14,16H2,(H,25,30)/t19-,20-,22+/m0/s1. The van der Waals surface area contributed by atoms with E-state index < -0.39 is 6.10 Å². The van der Waals surface area contributed by atoms with Crippen molar-refractivity contribution in [3.63, 3.8) is 0 Å². The van der Waals surface area contributed by atoms with Gasteiger partial charge in [-0.1, -0.05) is 41.6 Å². The van der Waals surface area contributed by atoms with Crippen molar-refractivity contribution in [1.82, 2.24) is 25.3 Å². The molecule has 4 rings (SSSR count). The van der Waals surface area contributed by atoms with Crippen LogP contribution in [-0.2, 0) is 22.5 Å². The minimum Gasteiger partial charge on any atom is -0.394 e. The van der Waals surface area contributed by atoms with Crippen LogP contribution in [0.25, 0.3) is 11.3 Å². The Balaban J connectivity index is 1.26. The predicted molar refractivity (Wildman–Crippen MR) is 115 cm³/mol. The zero-order valence-corrected chi connectivity index (χ0v) is 17.3. The molecule has 0 spiro atoms. The van der Waals surface area contributed by atoms with Gasteiger partial charge in [0.05, 0.1) is 31.4 Å². The maximum absolute atomic E-state index is 12.3. The fraction of sp³-hybridized carbons (Fsp3) is 0.391. The molecule has 31 heavy (non-hydrogen) atoms. The molecule has 1 aliphatic rings. The highest BCUT2D eigenvalue weighted by atomic mass is 16.5. The van der Waals surface area contributed by atoms with Crippen LogP contribution in [0, 0.1) is 0 Å². The van der Waals surface area contributed by atoms with Crippen molar-refractivity contribution in [2.45, 2.75) is 50.5 Å². The maximum atomic E-state index is 12.3. The summed E-state index contributed by atoms with van der Waals surface area (Å²) >= 11 is 0. The van der Waals surface area contributed by atoms with E-state index in [2.05, 4.69) is 20.6 Å². The first kappa shape index (κ1) is 21.1. The molecule has 2 aromatic heterocycles. The highest BCUT2D eigenvalue weighted by Gasteiger charge is 2.31. The van der Waals surface area contributed by atoms with Crippen molar-refractivity contribution in [2.24, 2.45) is 0 Å². The molecule has 0 bridgehead atoms. The Kier molecular flexibility index (Phi) is 7.01. The fourth-order valence-electron chi connectivity index (χ4n) is 3.86. The topological polar surface area (TPSA) is 102 Å². The van der Waals surface area contributed by atoms with E-state index >= 15 is 0 Å². The number of hydrogen-bond acceptors (Lipinski definition) is 6. The molecule has 1 fully saturated rings. The maximum Gasteiger partial charge on any atom is 0.226 e. The molecule has 2 N–H and O–H groups in total. The SMILES string of the molecule is O=C(Cc1ccccn1)N[C@H]1CC[C@@H](CCn2cc(-c3ccccc3)nn2)O[C@@H]1CO. The molecular formula is C23H27N5O3. The zero-order chi connectivity index (χ0) is 21.5. The summed E-state index contributed by atoms with van der Waals surface area (Å²) in [6.07, 6.45) is 5.75. The van der Waals surface area contributed by atoms with Crippen LogP contribution in [0.4, 0.5) is 0 Å². The molecule has 3 aromatic rings. The van der Waals surface area contributed by atoms with Gasteiger partial charge >= 0.3 is 0 Å². The summed E-state index contributed by atoms with van der Waals surface area (Å²) in [6.45, 7) is 0.547. The minimum atomic E-state index is -0.415. The van der Waals surface area contributed by atoms with E-state index in [9.17, 15) is 9.90 Å². The number of aliphatic hydroxyl groups excluding tert-OH is 1. The van der Waals surface area contributed by atoms with E-state index in [0.717, 1.165) is 36.2 Å². The Hall–Kier alpha value is -3.10. The number of hydrogen-bond donors (Lipinski definition) is 2. The van der Waals surface area contributed by atoms with E-state index in [1.54, 1.807) is 6.20 Å². The van der Waals surface area contributed by atoms with Gasteiger partial charge in [0.1, 0.15) is 11.8 Å². The molecule has 0 aliphatic carbocycles. The summed E-state index contributed by atoms with van der Waals surface area (Å²) in [5.74, 6) is -0.111. The number of rotatable bonds is 8. The molecule has 0 radical (unpaired) electrons. The Labute approximate surface area is 181 Å². The Morgan fingerprint density at radius 2 is 2.00 bits per heavy atom. The average molecular weight is 422 g/mol. The van der Waals surface area contributed by atoms with Crippen LogP contribution in [-0.4, -0.2) is 55.8 Å². The van der Waals surface area contributed by atoms with Crippen LogP contribution >= 0.6 is 0 Å². The number of aromatic nitrogens is 4. The van der Waals surface area contributed by atoms with Crippen LogP contribution < -0.4 is 5.32 Å². The lowest BCUT2D eigenvalue weighted by atomic mass is 9.97. The molecule has 3 heterocycles. The number of amides is 1. The van der Waals surface area contributed by atoms with Crippen molar-refractivity contribution in [2.75, 3.05) is 6.61 Å². The van der Waals surface area contributed by atoms with Gasteiger partial charge in [-0.2, -0.15) is 0 Å². The summed E-state index contributed by atoms with van der Waals surface area (Å²) in [4.78, 5) is 16.5. The molecule has 1 amide bonds. The number of aryl methyl sites for hydroxylation is 1. The summed E-state index contributed by atoms with van der Waals surface area (Å²) in [7, 11) is 0. The highest BCUT2D eigenvalue weighted by Crippen LogP contribution is 2.23. The smallest absolute Gasteiger partial charge is 0.226 e. The Bertz CT molecular complexity index is 964. The first-order valence-electron chi connectivity index (χ1n) is 10.6.